The molecule has 0 heterocycles. The van der Waals surface area contributed by atoms with Crippen LogP contribution in [0.25, 0.3) is 0 Å². The first-order valence-electron chi connectivity index (χ1n) is 30.9. The van der Waals surface area contributed by atoms with Crippen LogP contribution >= 0.6 is 0 Å². The smallest absolute Gasteiger partial charge is 0.306 e. The van der Waals surface area contributed by atoms with Crippen molar-refractivity contribution in [1.82, 2.24) is 0 Å². The van der Waals surface area contributed by atoms with Crippen LogP contribution in [0.2, 0.25) is 0 Å². The number of hydrogen-bond donors (Lipinski definition) is 0. The van der Waals surface area contributed by atoms with Gasteiger partial charge in [0.15, 0.2) is 6.10 Å². The van der Waals surface area contributed by atoms with E-state index in [1.165, 1.54) is 263 Å². The minimum Gasteiger partial charge on any atom is -0.462 e. The molecule has 0 aliphatic heterocycles. The second kappa shape index (κ2) is 59.7. The molecule has 0 fully saturated rings. The van der Waals surface area contributed by atoms with Crippen molar-refractivity contribution in [3.63, 3.8) is 0 Å². The summed E-state index contributed by atoms with van der Waals surface area (Å²) in [5.41, 5.74) is 0. The first-order valence-corrected chi connectivity index (χ1v) is 30.9. The van der Waals surface area contributed by atoms with E-state index in [0.29, 0.717) is 19.4 Å². The van der Waals surface area contributed by atoms with E-state index in [-0.39, 0.29) is 25.2 Å². The first kappa shape index (κ1) is 66.4. The fraction of sp³-hybridized carbons (Fsp3) is 0.905. The molecule has 68 heavy (non-hydrogen) atoms. The monoisotopic (exact) mass is 957 g/mol. The molecule has 1 atom stereocenters. The zero-order valence-electron chi connectivity index (χ0n) is 46.4. The molecular formula is C63H120O5. The van der Waals surface area contributed by atoms with Gasteiger partial charge in [0, 0.05) is 19.4 Å². The van der Waals surface area contributed by atoms with Gasteiger partial charge in [-0.25, -0.2) is 0 Å². The van der Waals surface area contributed by atoms with Crippen LogP contribution in [0.5, 0.6) is 0 Å². The molecule has 5 nitrogen and oxygen atoms in total. The van der Waals surface area contributed by atoms with Gasteiger partial charge in [0.05, 0.1) is 6.61 Å². The summed E-state index contributed by atoms with van der Waals surface area (Å²) in [6.07, 6.45) is 72.1. The lowest BCUT2D eigenvalue weighted by Crippen LogP contribution is -2.30. The summed E-state index contributed by atoms with van der Waals surface area (Å²) >= 11 is 0. The normalized spacial score (nSPS) is 12.2. The van der Waals surface area contributed by atoms with E-state index in [1.807, 2.05) is 0 Å². The first-order chi connectivity index (χ1) is 33.6. The SMILES string of the molecule is CCCCC/C=C\C/C=C\CCCCCCCCOCC(COC(=O)CCCCCCCCCCCCCCCCCCCCC)OC(=O)CCCCCCCCCCCCCCCCCCC. The molecule has 0 aliphatic rings. The average Bonchev–Trinajstić information content (AvgIpc) is 3.34. The number of carbonyl (C=O) groups excluding carboxylic acids is 2. The van der Waals surface area contributed by atoms with Crippen molar-refractivity contribution >= 4 is 11.9 Å². The highest BCUT2D eigenvalue weighted by molar-refractivity contribution is 5.70. The van der Waals surface area contributed by atoms with Gasteiger partial charge in [0.2, 0.25) is 0 Å². The minimum absolute atomic E-state index is 0.0897. The molecule has 0 saturated heterocycles. The van der Waals surface area contributed by atoms with Gasteiger partial charge in [-0.15, -0.1) is 0 Å². The summed E-state index contributed by atoms with van der Waals surface area (Å²) < 4.78 is 17.5. The average molecular weight is 958 g/mol. The molecule has 0 aliphatic carbocycles. The number of ether oxygens (including phenoxy) is 3. The lowest BCUT2D eigenvalue weighted by molar-refractivity contribution is -0.163. The Balaban J connectivity index is 4.21. The third-order valence-corrected chi connectivity index (χ3v) is 14.0. The molecule has 402 valence electrons. The standard InChI is InChI=1S/C63H120O5/c1-4-7-10-13-16-19-22-25-28-31-32-34-35-38-41-44-47-50-53-56-62(64)67-60-61(59-66-58-55-52-49-46-43-40-37-30-27-24-21-18-15-12-9-6-3)68-63(65)57-54-51-48-45-42-39-36-33-29-26-23-20-17-14-11-8-5-2/h18,21,27,30,61H,4-17,19-20,22-26,28-29,31-60H2,1-3H3/b21-18-,30-27-. The number of rotatable bonds is 58. The topological polar surface area (TPSA) is 61.8 Å². The van der Waals surface area contributed by atoms with E-state index in [0.717, 1.165) is 44.9 Å². The van der Waals surface area contributed by atoms with Crippen molar-refractivity contribution in [3.8, 4) is 0 Å². The summed E-state index contributed by atoms with van der Waals surface area (Å²) in [5.74, 6) is -0.376. The Labute approximate surface area is 426 Å². The van der Waals surface area contributed by atoms with Crippen LogP contribution in [0.1, 0.15) is 342 Å². The van der Waals surface area contributed by atoms with E-state index >= 15 is 0 Å². The Bertz CT molecular complexity index is 1040. The fourth-order valence-corrected chi connectivity index (χ4v) is 9.37. The molecule has 0 rings (SSSR count). The lowest BCUT2D eigenvalue weighted by Gasteiger charge is -2.18. The third-order valence-electron chi connectivity index (χ3n) is 14.0. The molecule has 0 N–H and O–H groups in total. The van der Waals surface area contributed by atoms with Crippen molar-refractivity contribution in [2.24, 2.45) is 0 Å². The molecule has 0 aromatic carbocycles. The highest BCUT2D eigenvalue weighted by atomic mass is 16.6. The van der Waals surface area contributed by atoms with Gasteiger partial charge in [0.1, 0.15) is 6.61 Å². The van der Waals surface area contributed by atoms with Gasteiger partial charge in [-0.3, -0.25) is 9.59 Å². The predicted octanol–water partition coefficient (Wildman–Crippen LogP) is 21.1. The van der Waals surface area contributed by atoms with Crippen molar-refractivity contribution < 1.29 is 23.8 Å². The number of unbranched alkanes of at least 4 members (excludes halogenated alkanes) is 43. The van der Waals surface area contributed by atoms with E-state index in [2.05, 4.69) is 45.1 Å². The van der Waals surface area contributed by atoms with Crippen LogP contribution in [0.15, 0.2) is 24.3 Å². The second-order valence-electron chi connectivity index (χ2n) is 21.0. The van der Waals surface area contributed by atoms with Crippen LogP contribution in [0, 0.1) is 0 Å². The van der Waals surface area contributed by atoms with E-state index in [4.69, 9.17) is 14.2 Å². The van der Waals surface area contributed by atoms with Gasteiger partial charge in [-0.2, -0.15) is 0 Å². The summed E-state index contributed by atoms with van der Waals surface area (Å²) in [4.78, 5) is 25.6. The van der Waals surface area contributed by atoms with Crippen LogP contribution in [0.4, 0.5) is 0 Å². The van der Waals surface area contributed by atoms with Crippen LogP contribution in [0.3, 0.4) is 0 Å². The Morgan fingerprint density at radius 2 is 0.618 bits per heavy atom. The van der Waals surface area contributed by atoms with Crippen molar-refractivity contribution in [2.45, 2.75) is 348 Å². The highest BCUT2D eigenvalue weighted by Crippen LogP contribution is 2.17. The molecule has 0 radical (unpaired) electrons. The van der Waals surface area contributed by atoms with Crippen LogP contribution < -0.4 is 0 Å². The predicted molar refractivity (Wildman–Crippen MR) is 298 cm³/mol. The zero-order valence-corrected chi connectivity index (χ0v) is 46.4. The lowest BCUT2D eigenvalue weighted by atomic mass is 10.0. The molecule has 1 unspecified atom stereocenters. The fourth-order valence-electron chi connectivity index (χ4n) is 9.37. The second-order valence-corrected chi connectivity index (χ2v) is 21.0. The molecule has 0 amide bonds. The van der Waals surface area contributed by atoms with Gasteiger partial charge in [-0.05, 0) is 51.4 Å². The molecule has 0 bridgehead atoms. The van der Waals surface area contributed by atoms with Crippen molar-refractivity contribution in [3.05, 3.63) is 24.3 Å². The van der Waals surface area contributed by atoms with Gasteiger partial charge >= 0.3 is 11.9 Å². The van der Waals surface area contributed by atoms with E-state index < -0.39 is 6.10 Å². The van der Waals surface area contributed by atoms with Gasteiger partial charge in [-0.1, -0.05) is 302 Å². The third kappa shape index (κ3) is 57.0. The molecule has 0 saturated carbocycles. The summed E-state index contributed by atoms with van der Waals surface area (Å²) in [6.45, 7) is 7.87. The maximum atomic E-state index is 12.9. The van der Waals surface area contributed by atoms with E-state index in [1.54, 1.807) is 0 Å². The summed E-state index contributed by atoms with van der Waals surface area (Å²) in [6, 6.07) is 0. The molecule has 0 aromatic rings. The Hall–Kier alpha value is -1.62. The Morgan fingerprint density at radius 1 is 0.324 bits per heavy atom. The number of hydrogen-bond acceptors (Lipinski definition) is 5. The van der Waals surface area contributed by atoms with Crippen LogP contribution in [-0.4, -0.2) is 37.9 Å². The summed E-state index contributed by atoms with van der Waals surface area (Å²) in [7, 11) is 0. The van der Waals surface area contributed by atoms with Crippen molar-refractivity contribution in [1.29, 1.82) is 0 Å². The largest absolute Gasteiger partial charge is 0.462 e. The van der Waals surface area contributed by atoms with E-state index in [9.17, 15) is 9.59 Å². The molecular weight excluding hydrogens is 837 g/mol. The van der Waals surface area contributed by atoms with Crippen LogP contribution in [-0.2, 0) is 23.8 Å². The van der Waals surface area contributed by atoms with Crippen molar-refractivity contribution in [2.75, 3.05) is 19.8 Å². The number of allylic oxidation sites excluding steroid dienone is 4. The molecule has 0 aromatic heterocycles. The minimum atomic E-state index is -0.535. The Kier molecular flexibility index (Phi) is 58.3. The maximum Gasteiger partial charge on any atom is 0.306 e. The number of carbonyl (C=O) groups is 2. The Morgan fingerprint density at radius 3 is 1.00 bits per heavy atom. The summed E-state index contributed by atoms with van der Waals surface area (Å²) in [5, 5.41) is 0. The molecule has 5 heteroatoms. The number of esters is 2. The zero-order chi connectivity index (χ0) is 49.2. The highest BCUT2D eigenvalue weighted by Gasteiger charge is 2.18. The maximum absolute atomic E-state index is 12.9. The molecule has 0 spiro atoms. The van der Waals surface area contributed by atoms with Gasteiger partial charge < -0.3 is 14.2 Å². The quantitative estimate of drug-likeness (QED) is 0.0345. The van der Waals surface area contributed by atoms with Gasteiger partial charge in [0.25, 0.3) is 0 Å².